The van der Waals surface area contributed by atoms with Crippen LogP contribution >= 0.6 is 0 Å². The van der Waals surface area contributed by atoms with E-state index < -0.39 is 0 Å². The number of unbranched alkanes of at least 4 members (excludes halogenated alkanes) is 3. The molecule has 0 heterocycles. The molecule has 1 N–H and O–H groups in total. The van der Waals surface area contributed by atoms with Gasteiger partial charge in [0, 0.05) is 12.0 Å². The van der Waals surface area contributed by atoms with Crippen LogP contribution < -0.4 is 0 Å². The molecule has 0 fully saturated rings. The Morgan fingerprint density at radius 3 is 1.26 bits per heavy atom. The normalized spacial score (nSPS) is 12.7. The first-order chi connectivity index (χ1) is 16.1. The summed E-state index contributed by atoms with van der Waals surface area (Å²) in [6, 6.07) is 29.8. The summed E-state index contributed by atoms with van der Waals surface area (Å²) in [6.07, 6.45) is 5.27. The van der Waals surface area contributed by atoms with E-state index in [0.29, 0.717) is 0 Å². The molecule has 0 atom stereocenters. The van der Waals surface area contributed by atoms with Gasteiger partial charge in [-0.2, -0.15) is 0 Å². The number of benzene rings is 3. The molecule has 0 aliphatic heterocycles. The molecule has 0 spiro atoms. The van der Waals surface area contributed by atoms with Crippen LogP contribution in [0.3, 0.4) is 0 Å². The average Bonchev–Trinajstić information content (AvgIpc) is 2.81. The van der Waals surface area contributed by atoms with Crippen molar-refractivity contribution in [1.82, 2.24) is 0 Å². The van der Waals surface area contributed by atoms with Crippen LogP contribution in [0.25, 0.3) is 0 Å². The van der Waals surface area contributed by atoms with Crippen molar-refractivity contribution in [2.45, 2.75) is 89.9 Å². The lowest BCUT2D eigenvalue weighted by Crippen LogP contribution is -2.30. The van der Waals surface area contributed by atoms with Gasteiger partial charge < -0.3 is 5.11 Å². The third-order valence-corrected chi connectivity index (χ3v) is 7.21. The molecule has 3 aromatic rings. The average molecular weight is 457 g/mol. The van der Waals surface area contributed by atoms with Crippen molar-refractivity contribution in [2.24, 2.45) is 0 Å². The summed E-state index contributed by atoms with van der Waals surface area (Å²) in [4.78, 5) is 0. The molecule has 3 rings (SSSR count). The first kappa shape index (κ1) is 26.2. The van der Waals surface area contributed by atoms with Crippen LogP contribution in [0.2, 0.25) is 0 Å². The highest BCUT2D eigenvalue weighted by Crippen LogP contribution is 2.44. The summed E-state index contributed by atoms with van der Waals surface area (Å²) in [6.45, 7) is 13.9. The lowest BCUT2D eigenvalue weighted by atomic mass is 9.65. The molecule has 34 heavy (non-hydrogen) atoms. The minimum absolute atomic E-state index is 0.132. The second kappa shape index (κ2) is 10.9. The predicted molar refractivity (Wildman–Crippen MR) is 147 cm³/mol. The zero-order valence-corrected chi connectivity index (χ0v) is 22.2. The van der Waals surface area contributed by atoms with Crippen LogP contribution in [0, 0.1) is 0 Å². The van der Waals surface area contributed by atoms with E-state index >= 15 is 0 Å². The lowest BCUT2D eigenvalue weighted by Gasteiger charge is -2.37. The van der Waals surface area contributed by atoms with Crippen molar-refractivity contribution in [2.75, 3.05) is 6.61 Å². The predicted octanol–water partition coefficient (Wildman–Crippen LogP) is 8.56. The van der Waals surface area contributed by atoms with Crippen LogP contribution in [-0.4, -0.2) is 11.7 Å². The lowest BCUT2D eigenvalue weighted by molar-refractivity contribution is 0.282. The smallest absolute Gasteiger partial charge is 0.0451 e. The Labute approximate surface area is 208 Å². The van der Waals surface area contributed by atoms with Gasteiger partial charge in [-0.25, -0.2) is 0 Å². The molecule has 1 heteroatoms. The largest absolute Gasteiger partial charge is 0.396 e. The molecule has 0 aliphatic carbocycles. The minimum atomic E-state index is -0.201. The Hall–Kier alpha value is -2.38. The zero-order chi connectivity index (χ0) is 24.8. The molecule has 1 nitrogen and oxygen atoms in total. The van der Waals surface area contributed by atoms with Crippen LogP contribution in [0.15, 0.2) is 78.9 Å². The Morgan fingerprint density at radius 1 is 0.471 bits per heavy atom. The molecule has 0 unspecified atom stereocenters. The van der Waals surface area contributed by atoms with E-state index in [-0.39, 0.29) is 22.9 Å². The fraction of sp³-hybridized carbons (Fsp3) is 0.455. The van der Waals surface area contributed by atoms with Gasteiger partial charge in [0.05, 0.1) is 0 Å². The molecule has 0 radical (unpaired) electrons. The molecule has 0 aromatic heterocycles. The second-order valence-electron chi connectivity index (χ2n) is 11.8. The third-order valence-electron chi connectivity index (χ3n) is 7.21. The monoisotopic (exact) mass is 456 g/mol. The van der Waals surface area contributed by atoms with Crippen molar-refractivity contribution < 1.29 is 5.11 Å². The molecular weight excluding hydrogens is 412 g/mol. The van der Waals surface area contributed by atoms with Crippen LogP contribution in [0.1, 0.15) is 101 Å². The number of rotatable bonds is 9. The molecule has 3 aromatic carbocycles. The van der Waals surface area contributed by atoms with Gasteiger partial charge in [0.1, 0.15) is 0 Å². The SMILES string of the molecule is CC(C)(C)c1ccc(C(CCCCCCO)(c2ccccc2)c2ccc(C(C)(C)C)cc2)cc1. The quantitative estimate of drug-likeness (QED) is 0.252. The highest BCUT2D eigenvalue weighted by Gasteiger charge is 2.36. The third kappa shape index (κ3) is 5.99. The van der Waals surface area contributed by atoms with E-state index in [1.807, 2.05) is 0 Å². The molecule has 0 aliphatic rings. The van der Waals surface area contributed by atoms with Gasteiger partial charge in [-0.05, 0) is 51.5 Å². The second-order valence-corrected chi connectivity index (χ2v) is 11.8. The van der Waals surface area contributed by atoms with Gasteiger partial charge in [0.2, 0.25) is 0 Å². The van der Waals surface area contributed by atoms with E-state index in [9.17, 15) is 5.11 Å². The van der Waals surface area contributed by atoms with E-state index in [1.54, 1.807) is 0 Å². The highest BCUT2D eigenvalue weighted by atomic mass is 16.2. The Kier molecular flexibility index (Phi) is 8.42. The Morgan fingerprint density at radius 2 is 0.853 bits per heavy atom. The Balaban J connectivity index is 2.16. The van der Waals surface area contributed by atoms with Gasteiger partial charge >= 0.3 is 0 Å². The zero-order valence-electron chi connectivity index (χ0n) is 22.2. The molecule has 0 saturated carbocycles. The molecule has 0 saturated heterocycles. The first-order valence-electron chi connectivity index (χ1n) is 13.0. The van der Waals surface area contributed by atoms with Gasteiger partial charge in [-0.1, -0.05) is 140 Å². The van der Waals surface area contributed by atoms with Crippen LogP contribution in [0.4, 0.5) is 0 Å². The number of aliphatic hydroxyl groups is 1. The van der Waals surface area contributed by atoms with Gasteiger partial charge in [0.25, 0.3) is 0 Å². The summed E-state index contributed by atoms with van der Waals surface area (Å²) in [5, 5.41) is 9.24. The summed E-state index contributed by atoms with van der Waals surface area (Å²) in [5.74, 6) is 0. The molecule has 0 bridgehead atoms. The van der Waals surface area contributed by atoms with Crippen molar-refractivity contribution in [1.29, 1.82) is 0 Å². The summed E-state index contributed by atoms with van der Waals surface area (Å²) < 4.78 is 0. The number of hydrogen-bond donors (Lipinski definition) is 1. The standard InChI is InChI=1S/C33H44O/c1-31(2,3)26-16-20-29(21-17-26)33(24-12-7-8-13-25-34,28-14-10-9-11-15-28)30-22-18-27(19-23-30)32(4,5)6/h9-11,14-23,34H,7-8,12-13,24-25H2,1-6H3. The maximum absolute atomic E-state index is 9.24. The maximum Gasteiger partial charge on any atom is 0.0451 e. The highest BCUT2D eigenvalue weighted by molar-refractivity contribution is 5.52. The number of hydrogen-bond acceptors (Lipinski definition) is 1. The fourth-order valence-corrected chi connectivity index (χ4v) is 5.02. The van der Waals surface area contributed by atoms with Crippen LogP contribution in [-0.2, 0) is 16.2 Å². The van der Waals surface area contributed by atoms with Crippen molar-refractivity contribution in [3.05, 3.63) is 107 Å². The fourth-order valence-electron chi connectivity index (χ4n) is 5.02. The summed E-state index contributed by atoms with van der Waals surface area (Å²) in [7, 11) is 0. The van der Waals surface area contributed by atoms with Crippen LogP contribution in [0.5, 0.6) is 0 Å². The first-order valence-corrected chi connectivity index (χ1v) is 13.0. The summed E-state index contributed by atoms with van der Waals surface area (Å²) in [5.41, 5.74) is 6.86. The van der Waals surface area contributed by atoms with Gasteiger partial charge in [-0.15, -0.1) is 0 Å². The number of aliphatic hydroxyl groups excluding tert-OH is 1. The van der Waals surface area contributed by atoms with Crippen molar-refractivity contribution in [3.63, 3.8) is 0 Å². The van der Waals surface area contributed by atoms with Gasteiger partial charge in [-0.3, -0.25) is 0 Å². The van der Waals surface area contributed by atoms with E-state index in [0.717, 1.165) is 32.1 Å². The minimum Gasteiger partial charge on any atom is -0.396 e. The van der Waals surface area contributed by atoms with E-state index in [1.165, 1.54) is 27.8 Å². The van der Waals surface area contributed by atoms with Crippen molar-refractivity contribution in [3.8, 4) is 0 Å². The molecule has 182 valence electrons. The van der Waals surface area contributed by atoms with Crippen molar-refractivity contribution >= 4 is 0 Å². The topological polar surface area (TPSA) is 20.2 Å². The van der Waals surface area contributed by atoms with E-state index in [4.69, 9.17) is 0 Å². The Bertz CT molecular complexity index is 942. The maximum atomic E-state index is 9.24. The molecular formula is C33H44O. The molecule has 0 amide bonds. The van der Waals surface area contributed by atoms with Gasteiger partial charge in [0.15, 0.2) is 0 Å². The van der Waals surface area contributed by atoms with E-state index in [2.05, 4.69) is 120 Å². The summed E-state index contributed by atoms with van der Waals surface area (Å²) >= 11 is 0.